The summed E-state index contributed by atoms with van der Waals surface area (Å²) < 4.78 is 94.3. The summed E-state index contributed by atoms with van der Waals surface area (Å²) in [6, 6.07) is 6.74. The second-order valence-electron chi connectivity index (χ2n) is 12.3. The molecule has 3 aliphatic rings. The van der Waals surface area contributed by atoms with Gasteiger partial charge in [-0.2, -0.15) is 33.5 Å². The normalized spacial score (nSPS) is 19.1. The minimum Gasteiger partial charge on any atom is -0.467 e. The van der Waals surface area contributed by atoms with Gasteiger partial charge in [0.2, 0.25) is 0 Å². The lowest BCUT2D eigenvalue weighted by atomic mass is 9.92. The fourth-order valence-corrected chi connectivity index (χ4v) is 8.09. The van der Waals surface area contributed by atoms with Gasteiger partial charge in [0, 0.05) is 35.5 Å². The van der Waals surface area contributed by atoms with Crippen LogP contribution in [0.15, 0.2) is 24.3 Å². The lowest BCUT2D eigenvalue weighted by Crippen LogP contribution is -2.34. The smallest absolute Gasteiger partial charge is 0.417 e. The molecule has 8 rings (SSSR count). The molecule has 5 aromatic rings. The number of alkyl halides is 4. The number of fused-ring (bicyclic) bond motifs is 4. The van der Waals surface area contributed by atoms with Crippen LogP contribution in [0, 0.1) is 29.9 Å². The molecule has 0 radical (unpaired) electrons. The zero-order chi connectivity index (χ0) is 34.8. The van der Waals surface area contributed by atoms with Crippen molar-refractivity contribution >= 4 is 43.1 Å². The third-order valence-electron chi connectivity index (χ3n) is 9.26. The number of nitrogen functional groups attached to an aromatic ring is 1. The van der Waals surface area contributed by atoms with Crippen LogP contribution in [0.5, 0.6) is 6.01 Å². The Morgan fingerprint density at radius 3 is 2.63 bits per heavy atom. The molecule has 2 unspecified atom stereocenters. The number of halogens is 6. The highest BCUT2D eigenvalue weighted by molar-refractivity contribution is 7.23. The molecule has 2 aromatic carbocycles. The van der Waals surface area contributed by atoms with Gasteiger partial charge in [0.1, 0.15) is 34.4 Å². The number of methoxy groups -OCH3 is 1. The van der Waals surface area contributed by atoms with Crippen molar-refractivity contribution in [3.8, 4) is 23.2 Å². The molecular formula is C33H30F6N8OS. The summed E-state index contributed by atoms with van der Waals surface area (Å²) >= 11 is 0.702. The summed E-state index contributed by atoms with van der Waals surface area (Å²) in [6.07, 6.45) is -2.22. The van der Waals surface area contributed by atoms with Crippen molar-refractivity contribution in [2.24, 2.45) is 0 Å². The van der Waals surface area contributed by atoms with E-state index in [9.17, 15) is 27.2 Å². The van der Waals surface area contributed by atoms with Crippen LogP contribution in [0.2, 0.25) is 0 Å². The van der Waals surface area contributed by atoms with Gasteiger partial charge < -0.3 is 15.4 Å². The first-order chi connectivity index (χ1) is 23.4. The Labute approximate surface area is 280 Å². The van der Waals surface area contributed by atoms with Gasteiger partial charge in [0.05, 0.1) is 47.4 Å². The third kappa shape index (κ3) is 5.78. The number of thiophene rings is 1. The summed E-state index contributed by atoms with van der Waals surface area (Å²) in [4.78, 5) is 12.4. The zero-order valence-electron chi connectivity index (χ0n) is 26.4. The van der Waals surface area contributed by atoms with Crippen molar-refractivity contribution in [1.29, 1.82) is 5.26 Å². The van der Waals surface area contributed by atoms with Crippen LogP contribution in [0.4, 0.5) is 37.2 Å². The van der Waals surface area contributed by atoms with E-state index in [2.05, 4.69) is 20.0 Å². The predicted octanol–water partition coefficient (Wildman–Crippen LogP) is 6.99. The highest BCUT2D eigenvalue weighted by Gasteiger charge is 2.39. The van der Waals surface area contributed by atoms with E-state index in [1.807, 2.05) is 13.0 Å². The third-order valence-corrected chi connectivity index (χ3v) is 10.3. The topological polar surface area (TPSA) is 109 Å². The van der Waals surface area contributed by atoms with E-state index < -0.39 is 40.6 Å². The molecule has 49 heavy (non-hydrogen) atoms. The molecule has 0 spiro atoms. The molecule has 9 nitrogen and oxygen atoms in total. The molecule has 2 saturated heterocycles. The quantitative estimate of drug-likeness (QED) is 0.201. The number of nitrogens with two attached hydrogens (primary N) is 1. The van der Waals surface area contributed by atoms with E-state index in [1.54, 1.807) is 15.7 Å². The van der Waals surface area contributed by atoms with Crippen LogP contribution in [-0.4, -0.2) is 63.6 Å². The standard InChI is InChI=1S/C26H18F5N7OS.C7H12FN/c1-11-7-12-10-37(5-6-38(12)36-11)24-14-8-16(26(29,30)31)19(20(28)21(14)34-25(35-24)39-2)13-3-4-17(27)22-18(13)15(9-32)23(33)40-22;8-6-4-7-2-1-3-9(7)5-6/h3-4,7-8H,5-6,10,33H2,1-2H3;6-7H,1-5H2. The summed E-state index contributed by atoms with van der Waals surface area (Å²) in [7, 11) is 1.26. The van der Waals surface area contributed by atoms with E-state index >= 15 is 4.39 Å². The number of ether oxygens (including phenoxy) is 1. The number of aromatic nitrogens is 4. The van der Waals surface area contributed by atoms with Crippen LogP contribution in [0.3, 0.4) is 0 Å². The van der Waals surface area contributed by atoms with Crippen molar-refractivity contribution < 1.29 is 31.1 Å². The minimum absolute atomic E-state index is 0.0599. The summed E-state index contributed by atoms with van der Waals surface area (Å²) in [6.45, 7) is 4.73. The Hall–Kier alpha value is -4.62. The highest BCUT2D eigenvalue weighted by Crippen LogP contribution is 2.48. The molecule has 6 heterocycles. The van der Waals surface area contributed by atoms with Crippen molar-refractivity contribution in [1.82, 2.24) is 24.6 Å². The molecule has 256 valence electrons. The second-order valence-corrected chi connectivity index (χ2v) is 13.4. The molecule has 0 aliphatic carbocycles. The first-order valence-electron chi connectivity index (χ1n) is 15.6. The van der Waals surface area contributed by atoms with Crippen LogP contribution < -0.4 is 15.4 Å². The minimum atomic E-state index is -5.03. The molecule has 2 N–H and O–H groups in total. The average molecular weight is 701 g/mol. The lowest BCUT2D eigenvalue weighted by molar-refractivity contribution is -0.137. The number of nitriles is 1. The molecule has 2 fully saturated rings. The van der Waals surface area contributed by atoms with E-state index in [0.717, 1.165) is 42.6 Å². The van der Waals surface area contributed by atoms with Gasteiger partial charge in [-0.05, 0) is 56.5 Å². The van der Waals surface area contributed by atoms with Gasteiger partial charge in [0.15, 0.2) is 5.82 Å². The number of benzene rings is 2. The van der Waals surface area contributed by atoms with E-state index in [4.69, 9.17) is 10.5 Å². The van der Waals surface area contributed by atoms with Crippen LogP contribution >= 0.6 is 11.3 Å². The molecule has 16 heteroatoms. The Kier molecular flexibility index (Phi) is 8.30. The fourth-order valence-electron chi connectivity index (χ4n) is 7.14. The predicted molar refractivity (Wildman–Crippen MR) is 173 cm³/mol. The van der Waals surface area contributed by atoms with Crippen LogP contribution in [0.1, 0.15) is 41.8 Å². The van der Waals surface area contributed by atoms with Crippen LogP contribution in [0.25, 0.3) is 32.1 Å². The first-order valence-corrected chi connectivity index (χ1v) is 16.4. The number of nitrogens with zero attached hydrogens (tertiary/aromatic N) is 7. The molecule has 0 bridgehead atoms. The van der Waals surface area contributed by atoms with E-state index in [1.165, 1.54) is 20.0 Å². The lowest BCUT2D eigenvalue weighted by Gasteiger charge is -2.30. The Morgan fingerprint density at radius 2 is 1.92 bits per heavy atom. The van der Waals surface area contributed by atoms with E-state index in [0.29, 0.717) is 37.0 Å². The number of aryl methyl sites for hydroxylation is 1. The maximum absolute atomic E-state index is 16.4. The Balaban J connectivity index is 0.000000361. The summed E-state index contributed by atoms with van der Waals surface area (Å²) in [5.41, 5.74) is 4.29. The van der Waals surface area contributed by atoms with Gasteiger partial charge >= 0.3 is 12.2 Å². The molecule has 3 aliphatic heterocycles. The second kappa shape index (κ2) is 12.4. The Bertz CT molecular complexity index is 2130. The molecule has 0 amide bonds. The number of hydrogen-bond donors (Lipinski definition) is 1. The monoisotopic (exact) mass is 700 g/mol. The van der Waals surface area contributed by atoms with Gasteiger partial charge in [0.25, 0.3) is 0 Å². The van der Waals surface area contributed by atoms with Gasteiger partial charge in [-0.1, -0.05) is 6.07 Å². The van der Waals surface area contributed by atoms with E-state index in [-0.39, 0.29) is 50.0 Å². The van der Waals surface area contributed by atoms with Gasteiger partial charge in [-0.25, -0.2) is 13.2 Å². The number of anilines is 2. The van der Waals surface area contributed by atoms with Crippen molar-refractivity contribution in [2.45, 2.75) is 57.7 Å². The van der Waals surface area contributed by atoms with Gasteiger partial charge in [-0.3, -0.25) is 9.58 Å². The number of hydrogen-bond acceptors (Lipinski definition) is 9. The maximum atomic E-state index is 16.4. The van der Waals surface area contributed by atoms with Crippen molar-refractivity contribution in [3.05, 3.63) is 58.4 Å². The van der Waals surface area contributed by atoms with Gasteiger partial charge in [-0.15, -0.1) is 11.3 Å². The molecule has 2 atom stereocenters. The largest absolute Gasteiger partial charge is 0.467 e. The zero-order valence-corrected chi connectivity index (χ0v) is 27.2. The Morgan fingerprint density at radius 1 is 1.12 bits per heavy atom. The maximum Gasteiger partial charge on any atom is 0.417 e. The molecular weight excluding hydrogens is 670 g/mol. The summed E-state index contributed by atoms with van der Waals surface area (Å²) in [5, 5.41) is 13.6. The molecule has 0 saturated carbocycles. The first kappa shape index (κ1) is 32.9. The highest BCUT2D eigenvalue weighted by atomic mass is 32.1. The van der Waals surface area contributed by atoms with Crippen LogP contribution in [-0.2, 0) is 19.3 Å². The van der Waals surface area contributed by atoms with Crippen molar-refractivity contribution in [3.63, 3.8) is 0 Å². The number of rotatable bonds is 3. The average Bonchev–Trinajstić information content (AvgIpc) is 3.82. The van der Waals surface area contributed by atoms with Crippen molar-refractivity contribution in [2.75, 3.05) is 37.4 Å². The summed E-state index contributed by atoms with van der Waals surface area (Å²) in [5.74, 6) is -2.05. The fraction of sp³-hybridized carbons (Fsp3) is 0.394. The SMILES string of the molecule is COc1nc(N2CCn3nc(C)cc3C2)c2cc(C(F)(F)F)c(-c3ccc(F)c4sc(N)c(C#N)c34)c(F)c2n1.FC1CC2CCCN2C1. The molecule has 3 aromatic heterocycles.